The van der Waals surface area contributed by atoms with Gasteiger partial charge in [0.05, 0.1) is 0 Å². The summed E-state index contributed by atoms with van der Waals surface area (Å²) in [6.45, 7) is 2.05. The van der Waals surface area contributed by atoms with Crippen LogP contribution in [0.4, 0.5) is 5.95 Å². The molecule has 1 aromatic heterocycles. The van der Waals surface area contributed by atoms with Gasteiger partial charge in [0.15, 0.2) is 0 Å². The van der Waals surface area contributed by atoms with E-state index in [1.165, 1.54) is 4.90 Å². The molecule has 1 fully saturated rings. The molecule has 1 aliphatic heterocycles. The van der Waals surface area contributed by atoms with E-state index >= 15 is 0 Å². The second-order valence-electron chi connectivity index (χ2n) is 4.81. The van der Waals surface area contributed by atoms with Crippen molar-refractivity contribution in [3.8, 4) is 0 Å². The molecule has 6 nitrogen and oxygen atoms in total. The number of likely N-dealkylation sites (N-methyl/N-ethyl adjacent to an activating group) is 2. The number of rotatable bonds is 4. The maximum absolute atomic E-state index is 10.6. The summed E-state index contributed by atoms with van der Waals surface area (Å²) in [6.07, 6.45) is 4.75. The molecule has 0 aliphatic carbocycles. The van der Waals surface area contributed by atoms with E-state index in [2.05, 4.69) is 21.9 Å². The topological polar surface area (TPSA) is 69.6 Å². The molecule has 1 atom stereocenters. The molecule has 0 spiro atoms. The zero-order valence-corrected chi connectivity index (χ0v) is 10.7. The summed E-state index contributed by atoms with van der Waals surface area (Å²) in [5, 5.41) is 8.70. The molecule has 1 unspecified atom stereocenters. The molecule has 0 radical (unpaired) electrons. The lowest BCUT2D eigenvalue weighted by Gasteiger charge is -2.15. The summed E-state index contributed by atoms with van der Waals surface area (Å²) in [6, 6.07) is 0. The predicted octanol–water partition coefficient (Wildman–Crippen LogP) is 0.416. The van der Waals surface area contributed by atoms with Crippen molar-refractivity contribution in [3.05, 3.63) is 18.0 Å². The Morgan fingerprint density at radius 3 is 2.72 bits per heavy atom. The molecule has 98 valence electrons. The quantitative estimate of drug-likeness (QED) is 0.835. The summed E-state index contributed by atoms with van der Waals surface area (Å²) < 4.78 is 0. The zero-order chi connectivity index (χ0) is 13.1. The van der Waals surface area contributed by atoms with Gasteiger partial charge >= 0.3 is 5.97 Å². The van der Waals surface area contributed by atoms with Gasteiger partial charge in [0, 0.05) is 31.9 Å². The molecule has 0 bridgehead atoms. The predicted molar refractivity (Wildman–Crippen MR) is 67.8 cm³/mol. The second-order valence-corrected chi connectivity index (χ2v) is 4.81. The SMILES string of the molecule is CN1CCC(c2cnc(N(C)CC(=O)O)nc2)C1. The zero-order valence-electron chi connectivity index (χ0n) is 10.7. The largest absolute Gasteiger partial charge is 0.480 e. The number of likely N-dealkylation sites (tertiary alicyclic amines) is 1. The van der Waals surface area contributed by atoms with E-state index in [1.54, 1.807) is 7.05 Å². The van der Waals surface area contributed by atoms with Crippen molar-refractivity contribution in [2.24, 2.45) is 0 Å². The first-order valence-electron chi connectivity index (χ1n) is 5.99. The average Bonchev–Trinajstić information content (AvgIpc) is 2.75. The minimum Gasteiger partial charge on any atom is -0.480 e. The minimum atomic E-state index is -0.886. The standard InChI is InChI=1S/C12H18N4O2/c1-15-4-3-9(7-15)10-5-13-12(14-6-10)16(2)8-11(17)18/h5-6,9H,3-4,7-8H2,1-2H3,(H,17,18). The summed E-state index contributed by atoms with van der Waals surface area (Å²) in [7, 11) is 3.78. The minimum absolute atomic E-state index is 0.0918. The second kappa shape index (κ2) is 5.30. The first kappa shape index (κ1) is 12.8. The molecular formula is C12H18N4O2. The third-order valence-corrected chi connectivity index (χ3v) is 3.23. The molecular weight excluding hydrogens is 232 g/mol. The summed E-state index contributed by atoms with van der Waals surface area (Å²) in [4.78, 5) is 22.9. The van der Waals surface area contributed by atoms with Crippen LogP contribution in [0.25, 0.3) is 0 Å². The van der Waals surface area contributed by atoms with E-state index in [4.69, 9.17) is 5.11 Å². The summed E-state index contributed by atoms with van der Waals surface area (Å²) in [5.74, 6) is 0.0592. The van der Waals surface area contributed by atoms with Crippen LogP contribution in [0.5, 0.6) is 0 Å². The van der Waals surface area contributed by atoms with Crippen molar-refractivity contribution < 1.29 is 9.90 Å². The van der Waals surface area contributed by atoms with Gasteiger partial charge in [0.1, 0.15) is 6.54 Å². The summed E-state index contributed by atoms with van der Waals surface area (Å²) >= 11 is 0. The molecule has 2 heterocycles. The first-order chi connectivity index (χ1) is 8.56. The monoisotopic (exact) mass is 250 g/mol. The molecule has 1 N–H and O–H groups in total. The van der Waals surface area contributed by atoms with Gasteiger partial charge in [-0.25, -0.2) is 9.97 Å². The number of hydrogen-bond acceptors (Lipinski definition) is 5. The third kappa shape index (κ3) is 2.95. The lowest BCUT2D eigenvalue weighted by Crippen LogP contribution is -2.26. The Kier molecular flexibility index (Phi) is 3.76. The normalized spacial score (nSPS) is 20.0. The molecule has 2 rings (SSSR count). The van der Waals surface area contributed by atoms with Gasteiger partial charge in [0.25, 0.3) is 0 Å². The Hall–Kier alpha value is -1.69. The molecule has 1 saturated heterocycles. The molecule has 0 amide bonds. The van der Waals surface area contributed by atoms with E-state index in [1.807, 2.05) is 12.4 Å². The Bertz CT molecular complexity index is 421. The molecule has 1 aliphatic rings. The Labute approximate surface area is 106 Å². The fourth-order valence-corrected chi connectivity index (χ4v) is 2.22. The van der Waals surface area contributed by atoms with Gasteiger partial charge in [-0.05, 0) is 25.6 Å². The first-order valence-corrected chi connectivity index (χ1v) is 5.99. The number of nitrogens with zero attached hydrogens (tertiary/aromatic N) is 4. The number of hydrogen-bond donors (Lipinski definition) is 1. The average molecular weight is 250 g/mol. The van der Waals surface area contributed by atoms with Crippen LogP contribution >= 0.6 is 0 Å². The van der Waals surface area contributed by atoms with E-state index in [9.17, 15) is 4.79 Å². The van der Waals surface area contributed by atoms with Crippen molar-refractivity contribution in [1.82, 2.24) is 14.9 Å². The summed E-state index contributed by atoms with van der Waals surface area (Å²) in [5.41, 5.74) is 1.13. The Morgan fingerprint density at radius 2 is 2.22 bits per heavy atom. The lowest BCUT2D eigenvalue weighted by atomic mass is 10.0. The van der Waals surface area contributed by atoms with E-state index in [-0.39, 0.29) is 6.54 Å². The van der Waals surface area contributed by atoms with E-state index < -0.39 is 5.97 Å². The molecule has 1 aromatic rings. The van der Waals surface area contributed by atoms with Gasteiger partial charge in [-0.2, -0.15) is 0 Å². The van der Waals surface area contributed by atoms with Crippen molar-refractivity contribution in [2.75, 3.05) is 38.6 Å². The molecule has 6 heteroatoms. The van der Waals surface area contributed by atoms with Crippen LogP contribution in [-0.2, 0) is 4.79 Å². The smallest absolute Gasteiger partial charge is 0.323 e. The van der Waals surface area contributed by atoms with E-state index in [0.717, 1.165) is 25.1 Å². The highest BCUT2D eigenvalue weighted by Gasteiger charge is 2.21. The molecule has 18 heavy (non-hydrogen) atoms. The number of carboxylic acids is 1. The van der Waals surface area contributed by atoms with Crippen molar-refractivity contribution in [1.29, 1.82) is 0 Å². The van der Waals surface area contributed by atoms with Gasteiger partial charge in [-0.1, -0.05) is 0 Å². The van der Waals surface area contributed by atoms with Gasteiger partial charge < -0.3 is 14.9 Å². The number of aliphatic carboxylic acids is 1. The van der Waals surface area contributed by atoms with Crippen molar-refractivity contribution in [3.63, 3.8) is 0 Å². The van der Waals surface area contributed by atoms with Crippen LogP contribution in [0.15, 0.2) is 12.4 Å². The van der Waals surface area contributed by atoms with Gasteiger partial charge in [-0.3, -0.25) is 4.79 Å². The van der Waals surface area contributed by atoms with Crippen LogP contribution in [0.2, 0.25) is 0 Å². The number of anilines is 1. The fraction of sp³-hybridized carbons (Fsp3) is 0.583. The van der Waals surface area contributed by atoms with Crippen LogP contribution in [0.1, 0.15) is 17.9 Å². The van der Waals surface area contributed by atoms with Crippen LogP contribution in [0.3, 0.4) is 0 Å². The molecule has 0 aromatic carbocycles. The number of carbonyl (C=O) groups is 1. The van der Waals surface area contributed by atoms with Crippen molar-refractivity contribution >= 4 is 11.9 Å². The highest BCUT2D eigenvalue weighted by atomic mass is 16.4. The van der Waals surface area contributed by atoms with Gasteiger partial charge in [0.2, 0.25) is 5.95 Å². The Morgan fingerprint density at radius 1 is 1.56 bits per heavy atom. The highest BCUT2D eigenvalue weighted by Crippen LogP contribution is 2.25. The number of carboxylic acid groups (broad SMARTS) is 1. The maximum atomic E-state index is 10.6. The van der Waals surface area contributed by atoms with Crippen LogP contribution < -0.4 is 4.90 Å². The lowest BCUT2D eigenvalue weighted by molar-refractivity contribution is -0.135. The number of aromatic nitrogens is 2. The highest BCUT2D eigenvalue weighted by molar-refractivity contribution is 5.72. The third-order valence-electron chi connectivity index (χ3n) is 3.23. The molecule has 0 saturated carbocycles. The van der Waals surface area contributed by atoms with Crippen LogP contribution in [-0.4, -0.2) is 59.7 Å². The van der Waals surface area contributed by atoms with E-state index in [0.29, 0.717) is 11.9 Å². The van der Waals surface area contributed by atoms with Gasteiger partial charge in [-0.15, -0.1) is 0 Å². The fourth-order valence-electron chi connectivity index (χ4n) is 2.22. The maximum Gasteiger partial charge on any atom is 0.323 e. The van der Waals surface area contributed by atoms with Crippen LogP contribution in [0, 0.1) is 0 Å². The van der Waals surface area contributed by atoms with Crippen molar-refractivity contribution in [2.45, 2.75) is 12.3 Å². The Balaban J connectivity index is 2.03.